The van der Waals surface area contributed by atoms with Crippen LogP contribution in [0.4, 0.5) is 0 Å². The van der Waals surface area contributed by atoms with Gasteiger partial charge in [-0.25, -0.2) is 4.98 Å². The number of carbonyl (C=O) groups excluding carboxylic acids is 1. The fourth-order valence-electron chi connectivity index (χ4n) is 3.32. The van der Waals surface area contributed by atoms with Crippen molar-refractivity contribution in [2.24, 2.45) is 5.92 Å². The lowest BCUT2D eigenvalue weighted by molar-refractivity contribution is -0.122. The second-order valence-corrected chi connectivity index (χ2v) is 6.65. The molecule has 1 aliphatic carbocycles. The van der Waals surface area contributed by atoms with Crippen molar-refractivity contribution in [3.63, 3.8) is 0 Å². The van der Waals surface area contributed by atoms with E-state index in [4.69, 9.17) is 9.47 Å². The van der Waals surface area contributed by atoms with Crippen LogP contribution < -0.4 is 14.8 Å². The molecule has 1 N–H and O–H groups in total. The molecule has 6 nitrogen and oxygen atoms in total. The standard InChI is InChI=1S/C19H23N3O3/c23-19(21-5-1-2-7-22-8-6-20-13-22)16-12-15(16)14-3-4-17-18(11-14)25-10-9-24-17/h3-4,6,8,11,13,15-16H,1-2,5,7,9-10,12H2,(H,21,23)/t15-,16-/m1/s1. The summed E-state index contributed by atoms with van der Waals surface area (Å²) in [7, 11) is 0. The summed E-state index contributed by atoms with van der Waals surface area (Å²) in [6.07, 6.45) is 8.49. The van der Waals surface area contributed by atoms with Gasteiger partial charge in [0.15, 0.2) is 11.5 Å². The molecular formula is C19H23N3O3. The molecule has 132 valence electrons. The molecule has 1 saturated carbocycles. The van der Waals surface area contributed by atoms with Crippen LogP contribution in [0.3, 0.4) is 0 Å². The number of rotatable bonds is 7. The van der Waals surface area contributed by atoms with Crippen molar-refractivity contribution in [1.82, 2.24) is 14.9 Å². The maximum Gasteiger partial charge on any atom is 0.223 e. The molecule has 6 heteroatoms. The number of aryl methyl sites for hydroxylation is 1. The second-order valence-electron chi connectivity index (χ2n) is 6.65. The minimum Gasteiger partial charge on any atom is -0.486 e. The van der Waals surface area contributed by atoms with Gasteiger partial charge in [0.05, 0.1) is 6.33 Å². The molecule has 2 atom stereocenters. The average Bonchev–Trinajstić information content (AvgIpc) is 3.29. The van der Waals surface area contributed by atoms with Gasteiger partial charge in [0.2, 0.25) is 5.91 Å². The summed E-state index contributed by atoms with van der Waals surface area (Å²) in [6, 6.07) is 6.03. The third-order valence-corrected chi connectivity index (χ3v) is 4.82. The van der Waals surface area contributed by atoms with Crippen LogP contribution >= 0.6 is 0 Å². The highest BCUT2D eigenvalue weighted by atomic mass is 16.6. The molecule has 1 aromatic heterocycles. The molecule has 1 aliphatic heterocycles. The first kappa shape index (κ1) is 16.0. The van der Waals surface area contributed by atoms with E-state index in [0.29, 0.717) is 19.1 Å². The van der Waals surface area contributed by atoms with Gasteiger partial charge in [-0.05, 0) is 42.9 Å². The van der Waals surface area contributed by atoms with Crippen molar-refractivity contribution < 1.29 is 14.3 Å². The molecule has 1 aromatic carbocycles. The van der Waals surface area contributed by atoms with Gasteiger partial charge in [0.1, 0.15) is 13.2 Å². The fraction of sp³-hybridized carbons (Fsp3) is 0.474. The monoisotopic (exact) mass is 341 g/mol. The topological polar surface area (TPSA) is 65.4 Å². The Balaban J connectivity index is 1.20. The molecular weight excluding hydrogens is 318 g/mol. The number of hydrogen-bond acceptors (Lipinski definition) is 4. The first-order valence-corrected chi connectivity index (χ1v) is 8.94. The van der Waals surface area contributed by atoms with Crippen LogP contribution in [0.25, 0.3) is 0 Å². The summed E-state index contributed by atoms with van der Waals surface area (Å²) < 4.78 is 13.2. The summed E-state index contributed by atoms with van der Waals surface area (Å²) in [5, 5.41) is 3.07. The number of amides is 1. The summed E-state index contributed by atoms with van der Waals surface area (Å²) in [5.74, 6) is 2.17. The Morgan fingerprint density at radius 3 is 2.96 bits per heavy atom. The molecule has 0 spiro atoms. The molecule has 0 saturated heterocycles. The Kier molecular flexibility index (Phi) is 4.59. The number of imidazole rings is 1. The van der Waals surface area contributed by atoms with Crippen LogP contribution in [0.2, 0.25) is 0 Å². The molecule has 1 amide bonds. The van der Waals surface area contributed by atoms with Gasteiger partial charge in [-0.15, -0.1) is 0 Å². The van der Waals surface area contributed by atoms with E-state index >= 15 is 0 Å². The van der Waals surface area contributed by atoms with Gasteiger partial charge >= 0.3 is 0 Å². The predicted molar refractivity (Wildman–Crippen MR) is 92.8 cm³/mol. The van der Waals surface area contributed by atoms with Gasteiger partial charge in [-0.2, -0.15) is 0 Å². The lowest BCUT2D eigenvalue weighted by Crippen LogP contribution is -2.26. The second kappa shape index (κ2) is 7.17. The first-order chi connectivity index (χ1) is 12.3. The molecule has 4 rings (SSSR count). The van der Waals surface area contributed by atoms with Gasteiger partial charge in [0.25, 0.3) is 0 Å². The Bertz CT molecular complexity index is 730. The highest BCUT2D eigenvalue weighted by Crippen LogP contribution is 2.49. The molecule has 2 heterocycles. The number of unbranched alkanes of at least 4 members (excludes halogenated alkanes) is 1. The van der Waals surface area contributed by atoms with Crippen LogP contribution in [0, 0.1) is 5.92 Å². The maximum absolute atomic E-state index is 12.3. The number of aromatic nitrogens is 2. The minimum atomic E-state index is 0.0937. The Morgan fingerprint density at radius 1 is 1.24 bits per heavy atom. The Morgan fingerprint density at radius 2 is 2.12 bits per heavy atom. The molecule has 25 heavy (non-hydrogen) atoms. The lowest BCUT2D eigenvalue weighted by Gasteiger charge is -2.18. The van der Waals surface area contributed by atoms with E-state index in [0.717, 1.165) is 43.9 Å². The summed E-state index contributed by atoms with van der Waals surface area (Å²) in [6.45, 7) is 2.86. The molecule has 2 aliphatic rings. The normalized spacial score (nSPS) is 21.0. The zero-order valence-corrected chi connectivity index (χ0v) is 14.2. The van der Waals surface area contributed by atoms with Gasteiger partial charge in [-0.1, -0.05) is 6.07 Å². The van der Waals surface area contributed by atoms with E-state index in [1.54, 1.807) is 6.20 Å². The average molecular weight is 341 g/mol. The molecule has 0 radical (unpaired) electrons. The smallest absolute Gasteiger partial charge is 0.223 e. The Labute approximate surface area is 147 Å². The van der Waals surface area contributed by atoms with E-state index in [1.807, 2.05) is 24.7 Å². The predicted octanol–water partition coefficient (Wildman–Crippen LogP) is 2.35. The zero-order chi connectivity index (χ0) is 17.1. The number of carbonyl (C=O) groups is 1. The van der Waals surface area contributed by atoms with Gasteiger partial charge in [0, 0.05) is 31.4 Å². The van der Waals surface area contributed by atoms with Crippen molar-refractivity contribution in [2.45, 2.75) is 31.7 Å². The van der Waals surface area contributed by atoms with Crippen LogP contribution in [0.15, 0.2) is 36.9 Å². The fourth-order valence-corrected chi connectivity index (χ4v) is 3.32. The van der Waals surface area contributed by atoms with Crippen molar-refractivity contribution in [1.29, 1.82) is 0 Å². The number of nitrogens with one attached hydrogen (secondary N) is 1. The Hall–Kier alpha value is -2.50. The van der Waals surface area contributed by atoms with E-state index < -0.39 is 0 Å². The molecule has 1 fully saturated rings. The van der Waals surface area contributed by atoms with E-state index in [2.05, 4.69) is 20.9 Å². The lowest BCUT2D eigenvalue weighted by atomic mass is 10.1. The van der Waals surface area contributed by atoms with E-state index in [9.17, 15) is 4.79 Å². The maximum atomic E-state index is 12.3. The van der Waals surface area contributed by atoms with Gasteiger partial charge in [-0.3, -0.25) is 4.79 Å². The molecule has 0 unspecified atom stereocenters. The summed E-state index contributed by atoms with van der Waals surface area (Å²) >= 11 is 0. The molecule has 0 bridgehead atoms. The minimum absolute atomic E-state index is 0.0937. The summed E-state index contributed by atoms with van der Waals surface area (Å²) in [5.41, 5.74) is 1.17. The van der Waals surface area contributed by atoms with Crippen LogP contribution in [-0.4, -0.2) is 35.2 Å². The van der Waals surface area contributed by atoms with Crippen molar-refractivity contribution in [2.75, 3.05) is 19.8 Å². The number of benzene rings is 1. The number of hydrogen-bond donors (Lipinski definition) is 1. The summed E-state index contributed by atoms with van der Waals surface area (Å²) in [4.78, 5) is 16.3. The van der Waals surface area contributed by atoms with Crippen molar-refractivity contribution in [3.8, 4) is 11.5 Å². The first-order valence-electron chi connectivity index (χ1n) is 8.94. The van der Waals surface area contributed by atoms with Crippen LogP contribution in [0.5, 0.6) is 11.5 Å². The SMILES string of the molecule is O=C(NCCCCn1ccnc1)[C@@H]1C[C@@H]1c1ccc2c(c1)OCCO2. The van der Waals surface area contributed by atoms with E-state index in [-0.39, 0.29) is 11.8 Å². The van der Waals surface area contributed by atoms with E-state index in [1.165, 1.54) is 5.56 Å². The van der Waals surface area contributed by atoms with Crippen molar-refractivity contribution in [3.05, 3.63) is 42.5 Å². The largest absolute Gasteiger partial charge is 0.486 e. The van der Waals surface area contributed by atoms with Crippen molar-refractivity contribution >= 4 is 5.91 Å². The number of fused-ring (bicyclic) bond motifs is 1. The highest BCUT2D eigenvalue weighted by molar-refractivity contribution is 5.82. The van der Waals surface area contributed by atoms with Gasteiger partial charge < -0.3 is 19.4 Å². The number of ether oxygens (including phenoxy) is 2. The quantitative estimate of drug-likeness (QED) is 0.785. The van der Waals surface area contributed by atoms with Crippen LogP contribution in [0.1, 0.15) is 30.7 Å². The third kappa shape index (κ3) is 3.78. The zero-order valence-electron chi connectivity index (χ0n) is 14.2. The third-order valence-electron chi connectivity index (χ3n) is 4.82. The van der Waals surface area contributed by atoms with Crippen LogP contribution in [-0.2, 0) is 11.3 Å². The highest BCUT2D eigenvalue weighted by Gasteiger charge is 2.44. The molecule has 2 aromatic rings. The number of nitrogens with zero attached hydrogens (tertiary/aromatic N) is 2.